The van der Waals surface area contributed by atoms with Gasteiger partial charge in [-0.25, -0.2) is 8.42 Å². The van der Waals surface area contributed by atoms with E-state index in [9.17, 15) is 13.2 Å². The maximum absolute atomic E-state index is 12.6. The van der Waals surface area contributed by atoms with E-state index in [1.807, 2.05) is 54.6 Å². The number of hydrogen-bond acceptors (Lipinski definition) is 4. The lowest BCUT2D eigenvalue weighted by Crippen LogP contribution is -2.20. The van der Waals surface area contributed by atoms with Crippen molar-refractivity contribution in [2.75, 3.05) is 16.6 Å². The van der Waals surface area contributed by atoms with Crippen LogP contribution in [0, 0.1) is 3.57 Å². The summed E-state index contributed by atoms with van der Waals surface area (Å²) in [5.74, 6) is 0.257. The lowest BCUT2D eigenvalue weighted by Gasteiger charge is -2.10. The number of rotatable bonds is 7. The lowest BCUT2D eigenvalue weighted by atomic mass is 10.1. The molecule has 0 saturated heterocycles. The molecular weight excluding hydrogens is 539 g/mol. The molecule has 0 unspecified atom stereocenters. The fourth-order valence-electron chi connectivity index (χ4n) is 3.05. The summed E-state index contributed by atoms with van der Waals surface area (Å²) in [5, 5.41) is 4.83. The fraction of sp³-hybridized carbons (Fsp3) is 0.0417. The molecule has 0 saturated carbocycles. The molecule has 2 N–H and O–H groups in total. The van der Waals surface area contributed by atoms with Gasteiger partial charge in [0, 0.05) is 14.9 Å². The number of halogens is 1. The molecule has 8 heteroatoms. The van der Waals surface area contributed by atoms with Gasteiger partial charge < -0.3 is 10.1 Å². The Labute approximate surface area is 199 Å². The first kappa shape index (κ1) is 22.1. The SMILES string of the molecule is O=C(COc1ccc2ccccc2c1)Nc1ccc(S(=O)(=O)Nc2ccc(I)cc2)cc1. The Balaban J connectivity index is 1.35. The maximum Gasteiger partial charge on any atom is 0.262 e. The van der Waals surface area contributed by atoms with E-state index in [1.54, 1.807) is 12.1 Å². The summed E-state index contributed by atoms with van der Waals surface area (Å²) in [6, 6.07) is 26.5. The molecule has 0 atom stereocenters. The van der Waals surface area contributed by atoms with Crippen LogP contribution in [-0.4, -0.2) is 20.9 Å². The zero-order valence-corrected chi connectivity index (χ0v) is 19.8. The highest BCUT2D eigenvalue weighted by molar-refractivity contribution is 14.1. The van der Waals surface area contributed by atoms with Crippen LogP contribution in [0.15, 0.2) is 95.9 Å². The number of nitrogens with one attached hydrogen (secondary N) is 2. The zero-order valence-electron chi connectivity index (χ0n) is 16.8. The van der Waals surface area contributed by atoms with Gasteiger partial charge in [-0.3, -0.25) is 9.52 Å². The number of anilines is 2. The minimum absolute atomic E-state index is 0.0986. The Hall–Kier alpha value is -3.11. The number of hydrogen-bond donors (Lipinski definition) is 2. The third-order valence-electron chi connectivity index (χ3n) is 4.64. The van der Waals surface area contributed by atoms with Gasteiger partial charge in [-0.15, -0.1) is 0 Å². The van der Waals surface area contributed by atoms with E-state index in [-0.39, 0.29) is 17.4 Å². The summed E-state index contributed by atoms with van der Waals surface area (Å²) in [4.78, 5) is 12.3. The first-order valence-corrected chi connectivity index (χ1v) is 12.3. The average molecular weight is 558 g/mol. The van der Waals surface area contributed by atoms with E-state index in [1.165, 1.54) is 24.3 Å². The molecule has 0 bridgehead atoms. The van der Waals surface area contributed by atoms with E-state index in [2.05, 4.69) is 32.6 Å². The van der Waals surface area contributed by atoms with Crippen LogP contribution < -0.4 is 14.8 Å². The number of amides is 1. The summed E-state index contributed by atoms with van der Waals surface area (Å²) >= 11 is 2.15. The van der Waals surface area contributed by atoms with Gasteiger partial charge in [-0.05, 0) is 94.0 Å². The molecule has 0 aromatic heterocycles. The zero-order chi connectivity index (χ0) is 22.6. The van der Waals surface area contributed by atoms with Crippen molar-refractivity contribution in [1.29, 1.82) is 0 Å². The molecule has 4 aromatic carbocycles. The molecule has 0 aliphatic carbocycles. The number of ether oxygens (including phenoxy) is 1. The van der Waals surface area contributed by atoms with Crippen molar-refractivity contribution in [1.82, 2.24) is 0 Å². The van der Waals surface area contributed by atoms with Gasteiger partial charge in [0.25, 0.3) is 15.9 Å². The number of sulfonamides is 1. The largest absolute Gasteiger partial charge is 0.484 e. The van der Waals surface area contributed by atoms with Crippen molar-refractivity contribution >= 4 is 60.7 Å². The van der Waals surface area contributed by atoms with Gasteiger partial charge in [0.2, 0.25) is 0 Å². The standard InChI is InChI=1S/C24H19IN2O4S/c25-19-6-8-21(9-7-19)27-32(29,30)23-13-10-20(11-14-23)26-24(28)16-31-22-12-5-17-3-1-2-4-18(17)15-22/h1-15,27H,16H2,(H,26,28). The van der Waals surface area contributed by atoms with E-state index < -0.39 is 10.0 Å². The van der Waals surface area contributed by atoms with Crippen molar-refractivity contribution in [2.24, 2.45) is 0 Å². The molecule has 1 amide bonds. The van der Waals surface area contributed by atoms with Crippen molar-refractivity contribution in [2.45, 2.75) is 4.90 Å². The van der Waals surface area contributed by atoms with Crippen LogP contribution in [-0.2, 0) is 14.8 Å². The topological polar surface area (TPSA) is 84.5 Å². The molecule has 6 nitrogen and oxygen atoms in total. The third-order valence-corrected chi connectivity index (χ3v) is 6.75. The predicted molar refractivity (Wildman–Crippen MR) is 134 cm³/mol. The van der Waals surface area contributed by atoms with Crippen LogP contribution in [0.2, 0.25) is 0 Å². The second-order valence-corrected chi connectivity index (χ2v) is 9.91. The van der Waals surface area contributed by atoms with E-state index in [0.29, 0.717) is 17.1 Å². The monoisotopic (exact) mass is 558 g/mol. The van der Waals surface area contributed by atoms with Crippen molar-refractivity contribution in [3.63, 3.8) is 0 Å². The molecule has 0 fully saturated rings. The number of fused-ring (bicyclic) bond motifs is 1. The van der Waals surface area contributed by atoms with Gasteiger partial charge >= 0.3 is 0 Å². The number of benzene rings is 4. The van der Waals surface area contributed by atoms with Crippen molar-refractivity contribution in [3.05, 3.63) is 94.6 Å². The molecule has 0 spiro atoms. The highest BCUT2D eigenvalue weighted by Crippen LogP contribution is 2.21. The molecule has 162 valence electrons. The molecule has 0 radical (unpaired) electrons. The Morgan fingerprint density at radius 3 is 2.19 bits per heavy atom. The summed E-state index contributed by atoms with van der Waals surface area (Å²) in [6.45, 7) is -0.160. The minimum atomic E-state index is -3.73. The Kier molecular flexibility index (Phi) is 6.61. The molecule has 0 heterocycles. The summed E-state index contributed by atoms with van der Waals surface area (Å²) in [6.07, 6.45) is 0. The van der Waals surface area contributed by atoms with E-state index in [0.717, 1.165) is 14.3 Å². The fourth-order valence-corrected chi connectivity index (χ4v) is 4.47. The highest BCUT2D eigenvalue weighted by Gasteiger charge is 2.14. The van der Waals surface area contributed by atoms with Crippen LogP contribution in [0.1, 0.15) is 0 Å². The van der Waals surface area contributed by atoms with Crippen LogP contribution in [0.3, 0.4) is 0 Å². The molecule has 32 heavy (non-hydrogen) atoms. The summed E-state index contributed by atoms with van der Waals surface area (Å²) in [7, 11) is -3.73. The number of carbonyl (C=O) groups excluding carboxylic acids is 1. The number of carbonyl (C=O) groups is 1. The van der Waals surface area contributed by atoms with Gasteiger partial charge in [0.15, 0.2) is 6.61 Å². The second-order valence-electron chi connectivity index (χ2n) is 6.98. The van der Waals surface area contributed by atoms with Gasteiger partial charge in [0.1, 0.15) is 5.75 Å². The molecule has 0 aliphatic heterocycles. The minimum Gasteiger partial charge on any atom is -0.484 e. The first-order valence-electron chi connectivity index (χ1n) is 9.69. The molecule has 0 aliphatic rings. The average Bonchev–Trinajstić information content (AvgIpc) is 2.79. The molecule has 4 rings (SSSR count). The molecule has 4 aromatic rings. The van der Waals surface area contributed by atoms with Crippen LogP contribution in [0.5, 0.6) is 5.75 Å². The van der Waals surface area contributed by atoms with Gasteiger partial charge in [-0.1, -0.05) is 30.3 Å². The van der Waals surface area contributed by atoms with E-state index >= 15 is 0 Å². The van der Waals surface area contributed by atoms with Crippen molar-refractivity contribution in [3.8, 4) is 5.75 Å². The Morgan fingerprint density at radius 1 is 0.812 bits per heavy atom. The Bertz CT molecular complexity index is 1360. The second kappa shape index (κ2) is 9.58. The smallest absolute Gasteiger partial charge is 0.262 e. The first-order chi connectivity index (χ1) is 15.4. The maximum atomic E-state index is 12.6. The van der Waals surface area contributed by atoms with Crippen LogP contribution in [0.4, 0.5) is 11.4 Å². The lowest BCUT2D eigenvalue weighted by molar-refractivity contribution is -0.118. The quantitative estimate of drug-likeness (QED) is 0.303. The van der Waals surface area contributed by atoms with Crippen molar-refractivity contribution < 1.29 is 17.9 Å². The summed E-state index contributed by atoms with van der Waals surface area (Å²) in [5.41, 5.74) is 0.957. The highest BCUT2D eigenvalue weighted by atomic mass is 127. The summed E-state index contributed by atoms with van der Waals surface area (Å²) < 4.78 is 34.2. The van der Waals surface area contributed by atoms with Crippen LogP contribution >= 0.6 is 22.6 Å². The normalized spacial score (nSPS) is 11.2. The Morgan fingerprint density at radius 2 is 1.47 bits per heavy atom. The van der Waals surface area contributed by atoms with Gasteiger partial charge in [-0.2, -0.15) is 0 Å². The van der Waals surface area contributed by atoms with Crippen LogP contribution in [0.25, 0.3) is 10.8 Å². The third kappa shape index (κ3) is 5.57. The van der Waals surface area contributed by atoms with E-state index in [4.69, 9.17) is 4.74 Å². The van der Waals surface area contributed by atoms with Gasteiger partial charge in [0.05, 0.1) is 4.90 Å². The molecular formula is C24H19IN2O4S. The predicted octanol–water partition coefficient (Wildman–Crippen LogP) is 5.26.